The van der Waals surface area contributed by atoms with Gasteiger partial charge in [-0.3, -0.25) is 18.9 Å². The topological polar surface area (TPSA) is 213 Å². The number of ether oxygens (including phenoxy) is 1. The summed E-state index contributed by atoms with van der Waals surface area (Å²) in [6.07, 6.45) is -0.446. The van der Waals surface area contributed by atoms with Crippen LogP contribution < -0.4 is 17.2 Å². The molecule has 2 aromatic rings. The van der Waals surface area contributed by atoms with Crippen molar-refractivity contribution in [2.24, 2.45) is 34.5 Å². The van der Waals surface area contributed by atoms with Gasteiger partial charge in [0.1, 0.15) is 6.61 Å². The number of benzene rings is 2. The van der Waals surface area contributed by atoms with E-state index in [-0.39, 0.29) is 25.4 Å². The number of rotatable bonds is 16. The molecule has 0 amide bonds. The van der Waals surface area contributed by atoms with E-state index in [2.05, 4.69) is 0 Å². The molecule has 6 atom stereocenters. The third kappa shape index (κ3) is 8.74. The summed E-state index contributed by atoms with van der Waals surface area (Å²) >= 11 is 0. The number of carbonyl (C=O) groups excluding carboxylic acids is 3. The maximum Gasteiger partial charge on any atom is 0.328 e. The Hall–Kier alpha value is -3.00. The molecule has 0 saturated carbocycles. The number of hydrogen-bond donors (Lipinski definition) is 5. The van der Waals surface area contributed by atoms with Crippen LogP contribution in [-0.2, 0) is 42.3 Å². The lowest BCUT2D eigenvalue weighted by molar-refractivity contribution is -0.171. The van der Waals surface area contributed by atoms with E-state index in [0.717, 1.165) is 0 Å². The van der Waals surface area contributed by atoms with Crippen LogP contribution in [0.5, 0.6) is 0 Å². The summed E-state index contributed by atoms with van der Waals surface area (Å²) in [5.41, 5.74) is 14.7. The van der Waals surface area contributed by atoms with Crippen molar-refractivity contribution in [3.05, 3.63) is 71.8 Å². The lowest BCUT2D eigenvalue weighted by Gasteiger charge is -2.38. The van der Waals surface area contributed by atoms with Gasteiger partial charge in [-0.25, -0.2) is 0 Å². The van der Waals surface area contributed by atoms with E-state index < -0.39 is 69.0 Å². The van der Waals surface area contributed by atoms with Crippen LogP contribution in [0.15, 0.2) is 60.7 Å². The van der Waals surface area contributed by atoms with Gasteiger partial charge in [-0.15, -0.1) is 0 Å². The number of aliphatic hydroxyl groups excluding tert-OH is 1. The summed E-state index contributed by atoms with van der Waals surface area (Å²) in [6.45, 7) is 4.69. The fraction of sp³-hybridized carbons (Fsp3) is 0.483. The lowest BCUT2D eigenvalue weighted by Crippen LogP contribution is -2.62. The highest BCUT2D eigenvalue weighted by Crippen LogP contribution is 2.39. The second kappa shape index (κ2) is 14.8. The van der Waals surface area contributed by atoms with Crippen molar-refractivity contribution in [2.45, 2.75) is 70.2 Å². The van der Waals surface area contributed by atoms with Gasteiger partial charge >= 0.3 is 5.97 Å². The Bertz CT molecular complexity index is 1270. The first kappa shape index (κ1) is 34.2. The molecule has 11 nitrogen and oxygen atoms in total. The predicted molar refractivity (Wildman–Crippen MR) is 154 cm³/mol. The van der Waals surface area contributed by atoms with Gasteiger partial charge in [0.25, 0.3) is 10.1 Å². The normalized spacial score (nSPS) is 17.1. The molecule has 12 heteroatoms. The molecule has 0 saturated heterocycles. The Kier molecular flexibility index (Phi) is 12.3. The molecule has 2 rings (SSSR count). The van der Waals surface area contributed by atoms with E-state index in [1.807, 2.05) is 13.8 Å². The minimum absolute atomic E-state index is 0.0213. The summed E-state index contributed by atoms with van der Waals surface area (Å²) in [7, 11) is -4.99. The van der Waals surface area contributed by atoms with E-state index in [4.69, 9.17) is 21.9 Å². The van der Waals surface area contributed by atoms with Crippen molar-refractivity contribution in [1.82, 2.24) is 0 Å². The molecule has 2 aromatic carbocycles. The number of aliphatic hydroxyl groups is 1. The smallest absolute Gasteiger partial charge is 0.328 e. The number of hydrogen-bond acceptors (Lipinski definition) is 10. The molecule has 0 aliphatic carbocycles. The van der Waals surface area contributed by atoms with Gasteiger partial charge in [0.2, 0.25) is 0 Å². The maximum atomic E-state index is 14.3. The molecule has 0 aromatic heterocycles. The molecule has 4 unspecified atom stereocenters. The summed E-state index contributed by atoms with van der Waals surface area (Å²) < 4.78 is 38.0. The Balaban J connectivity index is 2.65. The first-order chi connectivity index (χ1) is 19.1. The van der Waals surface area contributed by atoms with Crippen molar-refractivity contribution in [1.29, 1.82) is 0 Å². The third-order valence-corrected chi connectivity index (χ3v) is 8.01. The molecule has 0 fully saturated rings. The van der Waals surface area contributed by atoms with Gasteiger partial charge in [-0.1, -0.05) is 81.4 Å². The average molecular weight is 592 g/mol. The van der Waals surface area contributed by atoms with Crippen molar-refractivity contribution in [3.8, 4) is 0 Å². The number of esters is 1. The van der Waals surface area contributed by atoms with Gasteiger partial charge in [0, 0.05) is 6.04 Å². The lowest BCUT2D eigenvalue weighted by atomic mass is 9.63. The first-order valence-corrected chi connectivity index (χ1v) is 14.9. The largest absolute Gasteiger partial charge is 0.460 e. The second-order valence-corrected chi connectivity index (χ2v) is 12.3. The maximum absolute atomic E-state index is 14.3. The van der Waals surface area contributed by atoms with Crippen LogP contribution in [0.3, 0.4) is 0 Å². The SMILES string of the molecule is CC(C)C[C@H](N)C(=O)C(C(=O)OCc1ccccc1)(C(=O)[C@@H](N)Cc1ccccc1)C(C)CC(N)C(O)S(=O)(=O)O. The zero-order valence-electron chi connectivity index (χ0n) is 23.6. The van der Waals surface area contributed by atoms with Crippen molar-refractivity contribution in [2.75, 3.05) is 0 Å². The molecule has 0 radical (unpaired) electrons. The minimum Gasteiger partial charge on any atom is -0.460 e. The molecule has 0 aliphatic heterocycles. The zero-order chi connectivity index (χ0) is 31.0. The molecule has 0 heterocycles. The number of Topliss-reactive ketones (excluding diaryl/α,β-unsaturated/α-hetero) is 2. The van der Waals surface area contributed by atoms with Crippen LogP contribution in [0.2, 0.25) is 0 Å². The second-order valence-electron chi connectivity index (χ2n) is 10.8. The molecule has 0 aliphatic rings. The molecular weight excluding hydrogens is 550 g/mol. The Morgan fingerprint density at radius 1 is 0.829 bits per heavy atom. The standard InChI is InChI=1S/C29H41N3O8S/c1-18(2)14-22(30)25(33)29(19(3)15-24(32)27(35)41(37,38)39,28(36)40-17-21-12-8-5-9-13-21)26(34)23(31)16-20-10-6-4-7-11-20/h4-13,18-19,22-24,27,35H,14-17,30-32H2,1-3H3,(H,37,38,39)/t19?,22-,23-,24?,27?,29?/m0/s1. The van der Waals surface area contributed by atoms with Crippen molar-refractivity contribution < 1.29 is 37.2 Å². The van der Waals surface area contributed by atoms with E-state index in [1.54, 1.807) is 60.7 Å². The van der Waals surface area contributed by atoms with Crippen molar-refractivity contribution >= 4 is 27.7 Å². The molecule has 41 heavy (non-hydrogen) atoms. The minimum atomic E-state index is -4.99. The zero-order valence-corrected chi connectivity index (χ0v) is 24.4. The van der Waals surface area contributed by atoms with Gasteiger partial charge in [-0.05, 0) is 42.2 Å². The molecule has 8 N–H and O–H groups in total. The number of nitrogens with two attached hydrogens (primary N) is 3. The van der Waals surface area contributed by atoms with Crippen molar-refractivity contribution in [3.63, 3.8) is 0 Å². The van der Waals surface area contributed by atoms with Gasteiger partial charge < -0.3 is 27.0 Å². The summed E-state index contributed by atoms with van der Waals surface area (Å²) in [6, 6.07) is 13.0. The first-order valence-electron chi connectivity index (χ1n) is 13.4. The van der Waals surface area contributed by atoms with Crippen LogP contribution in [0.4, 0.5) is 0 Å². The Morgan fingerprint density at radius 3 is 1.80 bits per heavy atom. The summed E-state index contributed by atoms with van der Waals surface area (Å²) in [5, 5.41) is 10.1. The fourth-order valence-electron chi connectivity index (χ4n) is 4.93. The van der Waals surface area contributed by atoms with E-state index in [1.165, 1.54) is 6.92 Å². The van der Waals surface area contributed by atoms with E-state index in [9.17, 15) is 32.5 Å². The highest BCUT2D eigenvalue weighted by Gasteiger charge is 2.60. The highest BCUT2D eigenvalue weighted by atomic mass is 32.2. The van der Waals surface area contributed by atoms with Crippen LogP contribution >= 0.6 is 0 Å². The van der Waals surface area contributed by atoms with Crippen LogP contribution in [-0.4, -0.2) is 59.2 Å². The molecule has 0 spiro atoms. The van der Waals surface area contributed by atoms with Crippen LogP contribution in [0.25, 0.3) is 0 Å². The third-order valence-electron chi connectivity index (χ3n) is 7.05. The Morgan fingerprint density at radius 2 is 1.32 bits per heavy atom. The van der Waals surface area contributed by atoms with Crippen LogP contribution in [0.1, 0.15) is 44.7 Å². The highest BCUT2D eigenvalue weighted by molar-refractivity contribution is 7.86. The van der Waals surface area contributed by atoms with Gasteiger partial charge in [0.05, 0.1) is 12.1 Å². The number of ketones is 2. The van der Waals surface area contributed by atoms with E-state index >= 15 is 0 Å². The monoisotopic (exact) mass is 591 g/mol. The summed E-state index contributed by atoms with van der Waals surface area (Å²) in [5.74, 6) is -4.54. The fourth-order valence-corrected chi connectivity index (χ4v) is 5.48. The predicted octanol–water partition coefficient (Wildman–Crippen LogP) is 1.36. The summed E-state index contributed by atoms with van der Waals surface area (Å²) in [4.78, 5) is 42.5. The molecule has 0 bridgehead atoms. The van der Waals surface area contributed by atoms with Crippen LogP contribution in [0, 0.1) is 17.3 Å². The average Bonchev–Trinajstić information content (AvgIpc) is 2.91. The van der Waals surface area contributed by atoms with Gasteiger partial charge in [0.15, 0.2) is 22.4 Å². The Labute approximate surface area is 241 Å². The molecule has 226 valence electrons. The molecular formula is C29H41N3O8S. The van der Waals surface area contributed by atoms with Gasteiger partial charge in [-0.2, -0.15) is 8.42 Å². The quantitative estimate of drug-likeness (QED) is 0.107. The number of carbonyl (C=O) groups is 3. The van der Waals surface area contributed by atoms with E-state index in [0.29, 0.717) is 11.1 Å².